The van der Waals surface area contributed by atoms with Crippen molar-refractivity contribution in [2.24, 2.45) is 0 Å². The number of ether oxygens (including phenoxy) is 1. The fourth-order valence-electron chi connectivity index (χ4n) is 0.288. The van der Waals surface area contributed by atoms with Gasteiger partial charge in [-0.3, -0.25) is 0 Å². The van der Waals surface area contributed by atoms with Gasteiger partial charge in [0.15, 0.2) is 0 Å². The Morgan fingerprint density at radius 2 is 1.73 bits per heavy atom. The summed E-state index contributed by atoms with van der Waals surface area (Å²) in [6, 6.07) is 0. The van der Waals surface area contributed by atoms with Crippen molar-refractivity contribution in [2.45, 2.75) is 13.3 Å². The average molecular weight is 262 g/mol. The molecule has 0 unspecified atom stereocenters. The van der Waals surface area contributed by atoms with Gasteiger partial charge >= 0.3 is 66.4 Å². The molecule has 15 heavy (non-hydrogen) atoms. The summed E-state index contributed by atoms with van der Waals surface area (Å²) >= 11 is 0. The van der Waals surface area contributed by atoms with Crippen molar-refractivity contribution in [1.82, 2.24) is 0 Å². The van der Waals surface area contributed by atoms with Crippen molar-refractivity contribution in [3.05, 3.63) is 19.1 Å². The molecule has 84 valence electrons. The summed E-state index contributed by atoms with van der Waals surface area (Å²) in [6.45, 7) is 8.92. The van der Waals surface area contributed by atoms with Gasteiger partial charge in [-0.2, -0.15) is 0 Å². The minimum Gasteiger partial charge on any atom is -0.465 e. The Morgan fingerprint density at radius 3 is 1.93 bits per heavy atom. The number of hydrogen-bond acceptors (Lipinski definition) is 6. The van der Waals surface area contributed by atoms with Crippen LogP contribution in [0, 0.1) is 6.92 Å². The van der Waals surface area contributed by atoms with E-state index in [1.165, 1.54) is 0 Å². The molecule has 0 amide bonds. The third-order valence-electron chi connectivity index (χ3n) is 0.726. The molecule has 0 aliphatic rings. The number of hydrogen-bond donors (Lipinski definition) is 4. The van der Waals surface area contributed by atoms with Crippen LogP contribution in [-0.2, 0) is 9.53 Å². The topological polar surface area (TPSA) is 107 Å². The Bertz CT molecular complexity index is 184. The molecule has 0 saturated heterocycles. The van der Waals surface area contributed by atoms with E-state index < -0.39 is 9.05 Å². The molecular weight excluding hydrogens is 247 g/mol. The molecule has 0 atom stereocenters. The minimum absolute atomic E-state index is 0. The third-order valence-corrected chi connectivity index (χ3v) is 0.726. The Labute approximate surface area is 132 Å². The molecular formula is C7H15KO6Si. The standard InChI is InChI=1S/C7H11O2.K.H4O4Si/c1-4-5-9-7(8)6(2)3;;1-5(2,3)4/h1-2,4-5H2,3H3;;1-4H/q-1;+1;. The summed E-state index contributed by atoms with van der Waals surface area (Å²) in [7, 11) is -4.61. The van der Waals surface area contributed by atoms with Crippen molar-refractivity contribution < 1.29 is 80.1 Å². The van der Waals surface area contributed by atoms with Crippen molar-refractivity contribution in [2.75, 3.05) is 6.61 Å². The Kier molecular flexibility index (Phi) is 16.1. The van der Waals surface area contributed by atoms with Crippen LogP contribution in [0.1, 0.15) is 13.3 Å². The quantitative estimate of drug-likeness (QED) is 0.177. The molecule has 0 radical (unpaired) electrons. The maximum atomic E-state index is 10.6. The van der Waals surface area contributed by atoms with Gasteiger partial charge in [-0.25, -0.2) is 4.79 Å². The van der Waals surface area contributed by atoms with Gasteiger partial charge in [0, 0.05) is 5.57 Å². The monoisotopic (exact) mass is 262 g/mol. The molecule has 0 fully saturated rings. The van der Waals surface area contributed by atoms with Crippen LogP contribution in [0.4, 0.5) is 0 Å². The zero-order valence-electron chi connectivity index (χ0n) is 8.93. The van der Waals surface area contributed by atoms with E-state index in [0.717, 1.165) is 0 Å². The molecule has 0 spiro atoms. The molecule has 4 N–H and O–H groups in total. The predicted molar refractivity (Wildman–Crippen MR) is 50.4 cm³/mol. The Hall–Kier alpha value is 0.903. The first-order valence-electron chi connectivity index (χ1n) is 3.69. The summed E-state index contributed by atoms with van der Waals surface area (Å²) in [4.78, 5) is 39.9. The van der Waals surface area contributed by atoms with Gasteiger partial charge in [0.2, 0.25) is 0 Å². The predicted octanol–water partition coefficient (Wildman–Crippen LogP) is -4.27. The smallest absolute Gasteiger partial charge is 0.465 e. The van der Waals surface area contributed by atoms with Gasteiger partial charge in [-0.05, 0) is 6.92 Å². The number of carbonyl (C=O) groups is 1. The summed E-state index contributed by atoms with van der Waals surface area (Å²) in [5, 5.41) is 0. The van der Waals surface area contributed by atoms with Crippen LogP contribution in [0.25, 0.3) is 0 Å². The van der Waals surface area contributed by atoms with E-state index in [9.17, 15) is 4.79 Å². The Morgan fingerprint density at radius 1 is 1.40 bits per heavy atom. The van der Waals surface area contributed by atoms with Crippen LogP contribution in [0.15, 0.2) is 12.2 Å². The zero-order chi connectivity index (χ0) is 11.8. The van der Waals surface area contributed by atoms with E-state index in [4.69, 9.17) is 19.2 Å². The van der Waals surface area contributed by atoms with E-state index in [0.29, 0.717) is 18.6 Å². The molecule has 0 aromatic carbocycles. The fraction of sp³-hybridized carbons (Fsp3) is 0.429. The van der Waals surface area contributed by atoms with Gasteiger partial charge in [0.05, 0.1) is 6.61 Å². The minimum atomic E-state index is -4.61. The molecule has 0 aromatic rings. The maximum absolute atomic E-state index is 10.6. The SMILES string of the molecule is C=C(C)C(=O)OCC[CH2-].O[Si](O)(O)O.[K+]. The zero-order valence-corrected chi connectivity index (χ0v) is 13.1. The van der Waals surface area contributed by atoms with E-state index in [1.807, 2.05) is 0 Å². The molecule has 0 aliphatic carbocycles. The van der Waals surface area contributed by atoms with Gasteiger partial charge in [-0.1, -0.05) is 6.58 Å². The fourth-order valence-corrected chi connectivity index (χ4v) is 0.288. The first-order valence-corrected chi connectivity index (χ1v) is 5.48. The second-order valence-corrected chi connectivity index (χ2v) is 3.57. The molecule has 0 heterocycles. The second-order valence-electron chi connectivity index (χ2n) is 2.37. The maximum Gasteiger partial charge on any atom is 1.00 e. The van der Waals surface area contributed by atoms with E-state index in [-0.39, 0.29) is 57.4 Å². The van der Waals surface area contributed by atoms with E-state index in [1.54, 1.807) is 6.92 Å². The second kappa shape index (κ2) is 11.4. The molecule has 6 nitrogen and oxygen atoms in total. The molecule has 0 aromatic heterocycles. The molecule has 8 heteroatoms. The van der Waals surface area contributed by atoms with Crippen molar-refractivity contribution in [1.29, 1.82) is 0 Å². The third kappa shape index (κ3) is 31.3. The van der Waals surface area contributed by atoms with E-state index >= 15 is 0 Å². The van der Waals surface area contributed by atoms with Crippen molar-refractivity contribution in [3.8, 4) is 0 Å². The first-order chi connectivity index (χ1) is 6.18. The molecule has 0 aliphatic heterocycles. The molecule has 0 saturated carbocycles. The Balaban J connectivity index is -0.000000208. The number of rotatable bonds is 3. The van der Waals surface area contributed by atoms with Crippen molar-refractivity contribution in [3.63, 3.8) is 0 Å². The van der Waals surface area contributed by atoms with Gasteiger partial charge in [0.1, 0.15) is 0 Å². The summed E-state index contributed by atoms with van der Waals surface area (Å²) < 4.78 is 4.65. The summed E-state index contributed by atoms with van der Waals surface area (Å²) in [6.07, 6.45) is 0.610. The van der Waals surface area contributed by atoms with Crippen LogP contribution in [0.3, 0.4) is 0 Å². The van der Waals surface area contributed by atoms with Crippen LogP contribution in [0.2, 0.25) is 0 Å². The number of carbonyl (C=O) groups excluding carboxylic acids is 1. The molecule has 0 rings (SSSR count). The van der Waals surface area contributed by atoms with E-state index in [2.05, 4.69) is 18.2 Å². The van der Waals surface area contributed by atoms with Crippen molar-refractivity contribution >= 4 is 15.0 Å². The van der Waals surface area contributed by atoms with Crippen LogP contribution < -0.4 is 51.4 Å². The average Bonchev–Trinajstić information content (AvgIpc) is 1.96. The summed E-state index contributed by atoms with van der Waals surface area (Å²) in [5.41, 5.74) is 0.434. The van der Waals surface area contributed by atoms with Gasteiger partial charge in [-0.15, -0.1) is 6.42 Å². The van der Waals surface area contributed by atoms with Crippen LogP contribution in [-0.4, -0.2) is 40.8 Å². The largest absolute Gasteiger partial charge is 1.00 e. The number of esters is 1. The van der Waals surface area contributed by atoms with Gasteiger partial charge < -0.3 is 30.8 Å². The molecule has 0 bridgehead atoms. The van der Waals surface area contributed by atoms with Crippen LogP contribution in [0.5, 0.6) is 0 Å². The first kappa shape index (κ1) is 21.2. The van der Waals surface area contributed by atoms with Crippen LogP contribution >= 0.6 is 0 Å². The summed E-state index contributed by atoms with van der Waals surface area (Å²) in [5.74, 6) is -0.335. The van der Waals surface area contributed by atoms with Gasteiger partial charge in [0.25, 0.3) is 0 Å². The normalized spacial score (nSPS) is 9.20.